The highest BCUT2D eigenvalue weighted by Crippen LogP contribution is 2.41. The van der Waals surface area contributed by atoms with Gasteiger partial charge in [-0.3, -0.25) is 4.90 Å². The van der Waals surface area contributed by atoms with Crippen molar-refractivity contribution in [3.8, 4) is 0 Å². The van der Waals surface area contributed by atoms with Gasteiger partial charge in [-0.2, -0.15) is 0 Å². The van der Waals surface area contributed by atoms with Gasteiger partial charge in [0, 0.05) is 12.1 Å². The molecule has 0 aromatic heterocycles. The zero-order chi connectivity index (χ0) is 10.2. The van der Waals surface area contributed by atoms with Gasteiger partial charge < -0.3 is 5.11 Å². The van der Waals surface area contributed by atoms with Crippen LogP contribution >= 0.6 is 0 Å². The van der Waals surface area contributed by atoms with Crippen LogP contribution in [0.25, 0.3) is 0 Å². The van der Waals surface area contributed by atoms with E-state index < -0.39 is 0 Å². The van der Waals surface area contributed by atoms with Crippen molar-refractivity contribution in [3.63, 3.8) is 0 Å². The minimum Gasteiger partial charge on any atom is -0.394 e. The normalized spacial score (nSPS) is 35.9. The van der Waals surface area contributed by atoms with E-state index in [4.69, 9.17) is 0 Å². The van der Waals surface area contributed by atoms with Gasteiger partial charge in [0.2, 0.25) is 0 Å². The fourth-order valence-electron chi connectivity index (χ4n) is 2.98. The van der Waals surface area contributed by atoms with Crippen molar-refractivity contribution in [1.82, 2.24) is 4.90 Å². The van der Waals surface area contributed by atoms with Crippen molar-refractivity contribution in [2.24, 2.45) is 5.92 Å². The molecule has 2 heterocycles. The molecule has 2 aliphatic heterocycles. The Morgan fingerprint density at radius 3 is 2.93 bits per heavy atom. The van der Waals surface area contributed by atoms with Crippen LogP contribution in [0.1, 0.15) is 33.1 Å². The summed E-state index contributed by atoms with van der Waals surface area (Å²) in [4.78, 5) is 2.47. The molecule has 1 unspecified atom stereocenters. The molecule has 0 spiro atoms. The zero-order valence-electron chi connectivity index (χ0n) is 9.29. The topological polar surface area (TPSA) is 23.5 Å². The molecule has 0 saturated carbocycles. The molecule has 2 heteroatoms. The van der Waals surface area contributed by atoms with Crippen molar-refractivity contribution in [1.29, 1.82) is 0 Å². The SMILES string of the molecule is CC(C)C=C1CN2CCCC2(CO)C1. The fourth-order valence-corrected chi connectivity index (χ4v) is 2.98. The second kappa shape index (κ2) is 3.67. The summed E-state index contributed by atoms with van der Waals surface area (Å²) < 4.78 is 0. The first-order valence-corrected chi connectivity index (χ1v) is 5.72. The Labute approximate surface area is 86.6 Å². The third kappa shape index (κ3) is 1.61. The lowest BCUT2D eigenvalue weighted by molar-refractivity contribution is 0.1000. The molecule has 14 heavy (non-hydrogen) atoms. The molecule has 2 fully saturated rings. The Hall–Kier alpha value is -0.340. The predicted molar refractivity (Wildman–Crippen MR) is 58.2 cm³/mol. The van der Waals surface area contributed by atoms with Gasteiger partial charge in [0.05, 0.1) is 6.61 Å². The fraction of sp³-hybridized carbons (Fsp3) is 0.833. The molecule has 1 N–H and O–H groups in total. The van der Waals surface area contributed by atoms with E-state index in [-0.39, 0.29) is 5.54 Å². The number of nitrogens with zero attached hydrogens (tertiary/aromatic N) is 1. The molecule has 0 aromatic carbocycles. The largest absolute Gasteiger partial charge is 0.394 e. The number of fused-ring (bicyclic) bond motifs is 1. The number of hydrogen-bond acceptors (Lipinski definition) is 2. The zero-order valence-corrected chi connectivity index (χ0v) is 9.29. The van der Waals surface area contributed by atoms with Gasteiger partial charge in [-0.1, -0.05) is 25.5 Å². The summed E-state index contributed by atoms with van der Waals surface area (Å²) in [5.74, 6) is 0.640. The molecular formula is C12H21NO. The van der Waals surface area contributed by atoms with Crippen LogP contribution in [0.4, 0.5) is 0 Å². The molecule has 80 valence electrons. The molecular weight excluding hydrogens is 174 g/mol. The van der Waals surface area contributed by atoms with E-state index in [9.17, 15) is 5.11 Å². The first-order valence-electron chi connectivity index (χ1n) is 5.72. The van der Waals surface area contributed by atoms with Crippen LogP contribution in [0.5, 0.6) is 0 Å². The number of allylic oxidation sites excluding steroid dienone is 1. The number of hydrogen-bond donors (Lipinski definition) is 1. The summed E-state index contributed by atoms with van der Waals surface area (Å²) in [6, 6.07) is 0. The van der Waals surface area contributed by atoms with E-state index in [2.05, 4.69) is 24.8 Å². The second-order valence-electron chi connectivity index (χ2n) is 5.15. The third-order valence-corrected chi connectivity index (χ3v) is 3.55. The molecule has 2 rings (SSSR count). The molecule has 2 nitrogen and oxygen atoms in total. The van der Waals surface area contributed by atoms with Crippen LogP contribution in [-0.2, 0) is 0 Å². The van der Waals surface area contributed by atoms with Crippen LogP contribution in [0.2, 0.25) is 0 Å². The molecule has 2 aliphatic rings. The summed E-state index contributed by atoms with van der Waals surface area (Å²) in [7, 11) is 0. The Kier molecular flexibility index (Phi) is 2.67. The van der Waals surface area contributed by atoms with E-state index in [0.717, 1.165) is 13.0 Å². The first-order chi connectivity index (χ1) is 6.66. The van der Waals surface area contributed by atoms with Crippen molar-refractivity contribution in [2.45, 2.75) is 38.6 Å². The molecule has 0 amide bonds. The monoisotopic (exact) mass is 195 g/mol. The summed E-state index contributed by atoms with van der Waals surface area (Å²) in [6.07, 6.45) is 5.91. The highest BCUT2D eigenvalue weighted by molar-refractivity contribution is 5.21. The van der Waals surface area contributed by atoms with Crippen LogP contribution in [0.15, 0.2) is 11.6 Å². The van der Waals surface area contributed by atoms with Crippen LogP contribution in [0, 0.1) is 5.92 Å². The van der Waals surface area contributed by atoms with Gasteiger partial charge >= 0.3 is 0 Å². The maximum atomic E-state index is 9.51. The van der Waals surface area contributed by atoms with E-state index in [1.165, 1.54) is 25.0 Å². The minimum atomic E-state index is 0.126. The maximum absolute atomic E-state index is 9.51. The quantitative estimate of drug-likeness (QED) is 0.679. The summed E-state index contributed by atoms with van der Waals surface area (Å²) in [5, 5.41) is 9.51. The molecule has 1 atom stereocenters. The van der Waals surface area contributed by atoms with Crippen molar-refractivity contribution in [3.05, 3.63) is 11.6 Å². The average Bonchev–Trinajstić information content (AvgIpc) is 2.59. The summed E-state index contributed by atoms with van der Waals surface area (Å²) in [6.45, 7) is 7.06. The standard InChI is InChI=1S/C12H21NO/c1-10(2)6-11-7-12(9-14)4-3-5-13(12)8-11/h6,10,14H,3-5,7-9H2,1-2H3. The molecule has 0 aliphatic carbocycles. The Bertz CT molecular complexity index is 247. The Morgan fingerprint density at radius 1 is 1.57 bits per heavy atom. The molecule has 2 saturated heterocycles. The number of rotatable bonds is 2. The van der Waals surface area contributed by atoms with Gasteiger partial charge in [-0.05, 0) is 31.7 Å². The van der Waals surface area contributed by atoms with Crippen LogP contribution in [0.3, 0.4) is 0 Å². The van der Waals surface area contributed by atoms with Gasteiger partial charge in [0.1, 0.15) is 0 Å². The van der Waals surface area contributed by atoms with Gasteiger partial charge in [-0.25, -0.2) is 0 Å². The highest BCUT2D eigenvalue weighted by Gasteiger charge is 2.45. The van der Waals surface area contributed by atoms with Gasteiger partial charge in [-0.15, -0.1) is 0 Å². The van der Waals surface area contributed by atoms with Gasteiger partial charge in [0.25, 0.3) is 0 Å². The number of aliphatic hydroxyl groups excluding tert-OH is 1. The minimum absolute atomic E-state index is 0.126. The number of aliphatic hydroxyl groups is 1. The predicted octanol–water partition coefficient (Wildman–Crippen LogP) is 1.80. The van der Waals surface area contributed by atoms with Crippen molar-refractivity contribution >= 4 is 0 Å². The smallest absolute Gasteiger partial charge is 0.0618 e. The van der Waals surface area contributed by atoms with Crippen LogP contribution in [-0.4, -0.2) is 35.2 Å². The average molecular weight is 195 g/mol. The van der Waals surface area contributed by atoms with E-state index in [1.807, 2.05) is 0 Å². The lowest BCUT2D eigenvalue weighted by Gasteiger charge is -2.28. The lowest BCUT2D eigenvalue weighted by Crippen LogP contribution is -2.41. The van der Waals surface area contributed by atoms with E-state index in [1.54, 1.807) is 0 Å². The molecule has 0 aromatic rings. The van der Waals surface area contributed by atoms with Gasteiger partial charge in [0.15, 0.2) is 0 Å². The Morgan fingerprint density at radius 2 is 2.36 bits per heavy atom. The second-order valence-corrected chi connectivity index (χ2v) is 5.15. The van der Waals surface area contributed by atoms with E-state index in [0.29, 0.717) is 12.5 Å². The maximum Gasteiger partial charge on any atom is 0.0618 e. The highest BCUT2D eigenvalue weighted by atomic mass is 16.3. The van der Waals surface area contributed by atoms with Crippen LogP contribution < -0.4 is 0 Å². The lowest BCUT2D eigenvalue weighted by atomic mass is 9.92. The third-order valence-electron chi connectivity index (χ3n) is 3.55. The molecule has 0 radical (unpaired) electrons. The summed E-state index contributed by atoms with van der Waals surface area (Å²) in [5.41, 5.74) is 1.66. The van der Waals surface area contributed by atoms with Crippen molar-refractivity contribution in [2.75, 3.05) is 19.7 Å². The molecule has 0 bridgehead atoms. The van der Waals surface area contributed by atoms with Crippen molar-refractivity contribution < 1.29 is 5.11 Å². The van der Waals surface area contributed by atoms with E-state index >= 15 is 0 Å². The first kappa shape index (κ1) is 10.2. The summed E-state index contributed by atoms with van der Waals surface area (Å²) >= 11 is 0. The Balaban J connectivity index is 2.12.